The molecule has 2 aliphatic heterocycles. The van der Waals surface area contributed by atoms with Gasteiger partial charge < -0.3 is 10.2 Å². The lowest BCUT2D eigenvalue weighted by Crippen LogP contribution is -2.62. The van der Waals surface area contributed by atoms with E-state index in [2.05, 4.69) is 24.1 Å². The molecule has 3 aliphatic rings. The fourth-order valence-corrected chi connectivity index (χ4v) is 4.49. The maximum atomic E-state index is 3.76. The monoisotopic (exact) mass is 250 g/mol. The van der Waals surface area contributed by atoms with Crippen molar-refractivity contribution in [1.29, 1.82) is 0 Å². The Morgan fingerprint density at radius 1 is 1.00 bits per heavy atom. The van der Waals surface area contributed by atoms with Gasteiger partial charge in [0.25, 0.3) is 0 Å². The molecule has 0 aromatic heterocycles. The molecule has 1 saturated carbocycles. The summed E-state index contributed by atoms with van der Waals surface area (Å²) in [5.41, 5.74) is 1.24. The smallest absolute Gasteiger partial charge is 0.0246 e. The van der Waals surface area contributed by atoms with Gasteiger partial charge >= 0.3 is 0 Å². The summed E-state index contributed by atoms with van der Waals surface area (Å²) in [6, 6.07) is 0.715. The number of hydrogen-bond donors (Lipinski definition) is 1. The van der Waals surface area contributed by atoms with Crippen LogP contribution >= 0.6 is 0 Å². The third-order valence-electron chi connectivity index (χ3n) is 5.80. The summed E-state index contributed by atoms with van der Waals surface area (Å²) in [6.07, 6.45) is 10.2. The maximum Gasteiger partial charge on any atom is 0.0246 e. The predicted molar refractivity (Wildman–Crippen MR) is 76.8 cm³/mol. The third-order valence-corrected chi connectivity index (χ3v) is 5.80. The SMILES string of the molecule is CC1(C)CCCNC1CN1CC2(CCCCC2)C1. The summed E-state index contributed by atoms with van der Waals surface area (Å²) in [4.78, 5) is 2.72. The number of likely N-dealkylation sites (tertiary alicyclic amines) is 1. The summed E-state index contributed by atoms with van der Waals surface area (Å²) in [7, 11) is 0. The number of hydrogen-bond acceptors (Lipinski definition) is 2. The van der Waals surface area contributed by atoms with Crippen molar-refractivity contribution in [2.24, 2.45) is 10.8 Å². The van der Waals surface area contributed by atoms with Crippen molar-refractivity contribution in [3.63, 3.8) is 0 Å². The van der Waals surface area contributed by atoms with Crippen LogP contribution in [0.1, 0.15) is 58.8 Å². The van der Waals surface area contributed by atoms with Gasteiger partial charge in [-0.3, -0.25) is 0 Å². The summed E-state index contributed by atoms with van der Waals surface area (Å²) < 4.78 is 0. The van der Waals surface area contributed by atoms with Gasteiger partial charge in [0.15, 0.2) is 0 Å². The van der Waals surface area contributed by atoms with E-state index in [9.17, 15) is 0 Å². The summed E-state index contributed by atoms with van der Waals surface area (Å²) in [5.74, 6) is 0. The minimum absolute atomic E-state index is 0.494. The van der Waals surface area contributed by atoms with Gasteiger partial charge in [-0.25, -0.2) is 0 Å². The molecule has 2 nitrogen and oxygen atoms in total. The van der Waals surface area contributed by atoms with Crippen LogP contribution in [0, 0.1) is 10.8 Å². The van der Waals surface area contributed by atoms with Gasteiger partial charge in [0.2, 0.25) is 0 Å². The van der Waals surface area contributed by atoms with E-state index in [4.69, 9.17) is 0 Å². The highest BCUT2D eigenvalue weighted by Gasteiger charge is 2.45. The van der Waals surface area contributed by atoms with E-state index in [1.54, 1.807) is 0 Å². The van der Waals surface area contributed by atoms with Gasteiger partial charge in [0.05, 0.1) is 0 Å². The Balaban J connectivity index is 1.50. The Morgan fingerprint density at radius 3 is 2.39 bits per heavy atom. The van der Waals surface area contributed by atoms with Crippen molar-refractivity contribution in [1.82, 2.24) is 10.2 Å². The normalized spacial score (nSPS) is 35.3. The average molecular weight is 250 g/mol. The molecule has 1 spiro atoms. The predicted octanol–water partition coefficient (Wildman–Crippen LogP) is 3.03. The number of nitrogens with one attached hydrogen (secondary N) is 1. The molecule has 0 aromatic rings. The topological polar surface area (TPSA) is 15.3 Å². The molecule has 1 unspecified atom stereocenters. The minimum Gasteiger partial charge on any atom is -0.312 e. The second-order valence-electron chi connectivity index (χ2n) is 7.83. The van der Waals surface area contributed by atoms with Crippen LogP contribution in [0.15, 0.2) is 0 Å². The highest BCUT2D eigenvalue weighted by atomic mass is 15.2. The Hall–Kier alpha value is -0.0800. The van der Waals surface area contributed by atoms with E-state index in [-0.39, 0.29) is 0 Å². The van der Waals surface area contributed by atoms with Crippen molar-refractivity contribution in [2.45, 2.75) is 64.8 Å². The van der Waals surface area contributed by atoms with Gasteiger partial charge in [-0.2, -0.15) is 0 Å². The Morgan fingerprint density at radius 2 is 1.72 bits per heavy atom. The Kier molecular flexibility index (Phi) is 3.44. The van der Waals surface area contributed by atoms with Crippen LogP contribution in [0.5, 0.6) is 0 Å². The van der Waals surface area contributed by atoms with Crippen molar-refractivity contribution in [2.75, 3.05) is 26.2 Å². The van der Waals surface area contributed by atoms with E-state index in [1.807, 2.05) is 0 Å². The van der Waals surface area contributed by atoms with Gasteiger partial charge in [0, 0.05) is 25.7 Å². The Bertz CT molecular complexity index is 283. The lowest BCUT2D eigenvalue weighted by atomic mass is 9.68. The molecular formula is C16H30N2. The first-order chi connectivity index (χ1) is 8.60. The molecule has 1 aliphatic carbocycles. The maximum absolute atomic E-state index is 3.76. The molecule has 0 radical (unpaired) electrons. The van der Waals surface area contributed by atoms with E-state index < -0.39 is 0 Å². The molecular weight excluding hydrogens is 220 g/mol. The average Bonchev–Trinajstić information content (AvgIpc) is 2.31. The van der Waals surface area contributed by atoms with Gasteiger partial charge in [-0.05, 0) is 43.1 Å². The summed E-state index contributed by atoms with van der Waals surface area (Å²) >= 11 is 0. The van der Waals surface area contributed by atoms with Crippen LogP contribution in [0.3, 0.4) is 0 Å². The van der Waals surface area contributed by atoms with E-state index in [0.717, 1.165) is 5.41 Å². The molecule has 2 heterocycles. The second kappa shape index (κ2) is 4.79. The molecule has 104 valence electrons. The minimum atomic E-state index is 0.494. The van der Waals surface area contributed by atoms with Crippen LogP contribution in [0.25, 0.3) is 0 Å². The zero-order chi connectivity index (χ0) is 12.6. The van der Waals surface area contributed by atoms with Crippen LogP contribution in [-0.2, 0) is 0 Å². The standard InChI is InChI=1S/C16H30N2/c1-15(2)7-6-10-17-14(15)11-18-12-16(13-18)8-4-3-5-9-16/h14,17H,3-13H2,1-2H3. The highest BCUT2D eigenvalue weighted by Crippen LogP contribution is 2.44. The van der Waals surface area contributed by atoms with Crippen molar-refractivity contribution >= 4 is 0 Å². The molecule has 1 atom stereocenters. The fraction of sp³-hybridized carbons (Fsp3) is 1.00. The largest absolute Gasteiger partial charge is 0.312 e. The van der Waals surface area contributed by atoms with E-state index >= 15 is 0 Å². The summed E-state index contributed by atoms with van der Waals surface area (Å²) in [5, 5.41) is 3.76. The quantitative estimate of drug-likeness (QED) is 0.810. The van der Waals surface area contributed by atoms with Crippen molar-refractivity contribution in [3.8, 4) is 0 Å². The van der Waals surface area contributed by atoms with Gasteiger partial charge in [0.1, 0.15) is 0 Å². The highest BCUT2D eigenvalue weighted by molar-refractivity contribution is 4.99. The lowest BCUT2D eigenvalue weighted by molar-refractivity contribution is -0.0433. The number of nitrogens with zero attached hydrogens (tertiary/aromatic N) is 1. The van der Waals surface area contributed by atoms with Gasteiger partial charge in [-0.1, -0.05) is 33.1 Å². The third kappa shape index (κ3) is 2.46. The molecule has 0 amide bonds. The first-order valence-corrected chi connectivity index (χ1v) is 8.06. The van der Waals surface area contributed by atoms with Crippen LogP contribution in [0.4, 0.5) is 0 Å². The van der Waals surface area contributed by atoms with E-state index in [0.29, 0.717) is 11.5 Å². The second-order valence-corrected chi connectivity index (χ2v) is 7.83. The molecule has 0 aromatic carbocycles. The first-order valence-electron chi connectivity index (χ1n) is 8.06. The zero-order valence-corrected chi connectivity index (χ0v) is 12.3. The van der Waals surface area contributed by atoms with Crippen molar-refractivity contribution < 1.29 is 0 Å². The van der Waals surface area contributed by atoms with Crippen LogP contribution in [-0.4, -0.2) is 37.1 Å². The molecule has 3 rings (SSSR count). The Labute approximate surface area is 113 Å². The molecule has 18 heavy (non-hydrogen) atoms. The zero-order valence-electron chi connectivity index (χ0n) is 12.3. The molecule has 1 N–H and O–H groups in total. The summed E-state index contributed by atoms with van der Waals surface area (Å²) in [6.45, 7) is 10.2. The van der Waals surface area contributed by atoms with Crippen LogP contribution in [0.2, 0.25) is 0 Å². The fourth-order valence-electron chi connectivity index (χ4n) is 4.49. The van der Waals surface area contributed by atoms with Crippen LogP contribution < -0.4 is 5.32 Å². The first kappa shape index (κ1) is 12.9. The molecule has 3 fully saturated rings. The van der Waals surface area contributed by atoms with Crippen molar-refractivity contribution in [3.05, 3.63) is 0 Å². The molecule has 2 saturated heterocycles. The van der Waals surface area contributed by atoms with E-state index in [1.165, 1.54) is 71.1 Å². The number of rotatable bonds is 2. The lowest BCUT2D eigenvalue weighted by Gasteiger charge is -2.55. The van der Waals surface area contributed by atoms with Gasteiger partial charge in [-0.15, -0.1) is 0 Å². The number of piperidine rings is 1. The molecule has 2 heteroatoms. The molecule has 0 bridgehead atoms.